The van der Waals surface area contributed by atoms with Crippen LogP contribution < -0.4 is 0 Å². The molecule has 35 heavy (non-hydrogen) atoms. The van der Waals surface area contributed by atoms with Crippen LogP contribution in [0.15, 0.2) is 97.3 Å². The van der Waals surface area contributed by atoms with E-state index in [0.717, 1.165) is 5.69 Å². The van der Waals surface area contributed by atoms with Gasteiger partial charge in [0.1, 0.15) is 0 Å². The minimum Gasteiger partial charge on any atom is -0.307 e. The third kappa shape index (κ3) is 2.32. The second-order valence-electron chi connectivity index (χ2n) is 10.0. The highest BCUT2D eigenvalue weighted by Crippen LogP contribution is 2.58. The van der Waals surface area contributed by atoms with Gasteiger partial charge in [0.05, 0.1) is 22.9 Å². The van der Waals surface area contributed by atoms with Crippen LogP contribution in [0.3, 0.4) is 0 Å². The summed E-state index contributed by atoms with van der Waals surface area (Å²) in [5.41, 5.74) is 9.13. The summed E-state index contributed by atoms with van der Waals surface area (Å²) in [5, 5.41) is 5.38. The maximum atomic E-state index is 4.51. The molecule has 4 aromatic carbocycles. The lowest BCUT2D eigenvalue weighted by Crippen LogP contribution is -2.16. The number of nitrogens with zero attached hydrogens (tertiary/aromatic N) is 2. The van der Waals surface area contributed by atoms with Gasteiger partial charge >= 0.3 is 0 Å². The summed E-state index contributed by atoms with van der Waals surface area (Å²) in [6.45, 7) is 4.78. The van der Waals surface area contributed by atoms with E-state index in [4.69, 9.17) is 0 Å². The minimum absolute atomic E-state index is 0.122. The first kappa shape index (κ1) is 19.4. The molecular weight excluding hydrogens is 444 g/mol. The van der Waals surface area contributed by atoms with Gasteiger partial charge in [0.2, 0.25) is 0 Å². The highest BCUT2D eigenvalue weighted by Gasteiger charge is 2.40. The highest BCUT2D eigenvalue weighted by atomic mass is 32.1. The van der Waals surface area contributed by atoms with E-state index in [-0.39, 0.29) is 5.41 Å². The Hall–Kier alpha value is -3.95. The second kappa shape index (κ2) is 6.59. The summed E-state index contributed by atoms with van der Waals surface area (Å²) in [6, 6.07) is 31.0. The van der Waals surface area contributed by atoms with Crippen molar-refractivity contribution >= 4 is 53.3 Å². The van der Waals surface area contributed by atoms with Gasteiger partial charge in [-0.1, -0.05) is 74.5 Å². The SMILES string of the molecule is CC1(C)c2ccccc2-c2c1c1c(c3ccccc3n1-c1cccnc1)c1c2sc2ccccc21. The van der Waals surface area contributed by atoms with Gasteiger partial charge in [0.25, 0.3) is 0 Å². The molecule has 0 amide bonds. The summed E-state index contributed by atoms with van der Waals surface area (Å²) in [7, 11) is 0. The summed E-state index contributed by atoms with van der Waals surface area (Å²) in [6.07, 6.45) is 3.84. The van der Waals surface area contributed by atoms with Gasteiger partial charge in [-0.2, -0.15) is 0 Å². The Kier molecular flexibility index (Phi) is 3.64. The summed E-state index contributed by atoms with van der Waals surface area (Å²) in [4.78, 5) is 4.51. The normalized spacial score (nSPS) is 14.2. The number of para-hydroxylation sites is 1. The number of hydrogen-bond donors (Lipinski definition) is 0. The average molecular weight is 467 g/mol. The number of benzene rings is 4. The lowest BCUT2D eigenvalue weighted by atomic mass is 9.81. The number of aromatic nitrogens is 2. The van der Waals surface area contributed by atoms with E-state index in [1.807, 2.05) is 29.8 Å². The highest BCUT2D eigenvalue weighted by molar-refractivity contribution is 7.26. The predicted molar refractivity (Wildman–Crippen MR) is 149 cm³/mol. The van der Waals surface area contributed by atoms with Crippen LogP contribution in [-0.2, 0) is 5.41 Å². The third-order valence-electron chi connectivity index (χ3n) is 7.83. The molecule has 8 rings (SSSR count). The van der Waals surface area contributed by atoms with Crippen molar-refractivity contribution in [3.63, 3.8) is 0 Å². The fourth-order valence-corrected chi connectivity index (χ4v) is 7.71. The van der Waals surface area contributed by atoms with Gasteiger partial charge in [-0.15, -0.1) is 11.3 Å². The second-order valence-corrected chi connectivity index (χ2v) is 11.1. The Balaban J connectivity index is 1.76. The maximum Gasteiger partial charge on any atom is 0.0645 e. The zero-order valence-corrected chi connectivity index (χ0v) is 20.4. The van der Waals surface area contributed by atoms with Crippen LogP contribution in [0.2, 0.25) is 0 Å². The van der Waals surface area contributed by atoms with E-state index in [1.165, 1.54) is 64.2 Å². The Labute approximate surface area is 207 Å². The monoisotopic (exact) mass is 466 g/mol. The van der Waals surface area contributed by atoms with Crippen molar-refractivity contribution in [1.82, 2.24) is 9.55 Å². The quantitative estimate of drug-likeness (QED) is 0.236. The Morgan fingerprint density at radius 2 is 1.54 bits per heavy atom. The topological polar surface area (TPSA) is 17.8 Å². The van der Waals surface area contributed by atoms with Gasteiger partial charge in [-0.25, -0.2) is 0 Å². The van der Waals surface area contributed by atoms with E-state index >= 15 is 0 Å². The molecule has 2 nitrogen and oxygen atoms in total. The van der Waals surface area contributed by atoms with Crippen LogP contribution in [0.4, 0.5) is 0 Å². The van der Waals surface area contributed by atoms with Crippen LogP contribution in [0.1, 0.15) is 25.0 Å². The molecule has 0 radical (unpaired) electrons. The number of thiophene rings is 1. The van der Waals surface area contributed by atoms with Gasteiger partial charge in [-0.3, -0.25) is 4.98 Å². The molecule has 0 saturated heterocycles. The smallest absolute Gasteiger partial charge is 0.0645 e. The van der Waals surface area contributed by atoms with Crippen molar-refractivity contribution in [3.05, 3.63) is 108 Å². The van der Waals surface area contributed by atoms with Gasteiger partial charge < -0.3 is 4.57 Å². The molecule has 3 heterocycles. The Bertz CT molecular complexity index is 1970. The molecule has 3 heteroatoms. The van der Waals surface area contributed by atoms with Crippen molar-refractivity contribution in [2.75, 3.05) is 0 Å². The first-order valence-electron chi connectivity index (χ1n) is 12.1. The molecular formula is C32H22N2S. The standard InChI is InChI=1S/C32H22N2S/c1-32(2)23-14-6-3-11-20(23)28-29(32)30-26(27-22-13-5-8-16-25(22)35-31(27)28)21-12-4-7-15-24(21)34(30)19-10-9-17-33-18-19/h3-18H,1-2H3. The molecule has 0 aliphatic heterocycles. The Morgan fingerprint density at radius 1 is 0.771 bits per heavy atom. The summed E-state index contributed by atoms with van der Waals surface area (Å²) in [5.74, 6) is 0. The lowest BCUT2D eigenvalue weighted by Gasteiger charge is -2.24. The third-order valence-corrected chi connectivity index (χ3v) is 9.02. The van der Waals surface area contributed by atoms with E-state index in [2.05, 4.69) is 102 Å². The van der Waals surface area contributed by atoms with Gasteiger partial charge in [0, 0.05) is 48.1 Å². The van der Waals surface area contributed by atoms with Crippen LogP contribution in [0.25, 0.3) is 58.8 Å². The van der Waals surface area contributed by atoms with Crippen molar-refractivity contribution < 1.29 is 0 Å². The fourth-order valence-electron chi connectivity index (χ4n) is 6.43. The van der Waals surface area contributed by atoms with Gasteiger partial charge in [0.15, 0.2) is 0 Å². The van der Waals surface area contributed by atoms with Crippen LogP contribution in [-0.4, -0.2) is 9.55 Å². The predicted octanol–water partition coefficient (Wildman–Crippen LogP) is 8.85. The van der Waals surface area contributed by atoms with Crippen LogP contribution in [0.5, 0.6) is 0 Å². The number of rotatable bonds is 1. The molecule has 1 aliphatic rings. The number of fused-ring (bicyclic) bond motifs is 12. The van der Waals surface area contributed by atoms with Crippen molar-refractivity contribution in [2.45, 2.75) is 19.3 Å². The zero-order chi connectivity index (χ0) is 23.3. The average Bonchev–Trinajstić information content (AvgIpc) is 3.51. The van der Waals surface area contributed by atoms with Crippen LogP contribution >= 0.6 is 11.3 Å². The summed E-state index contributed by atoms with van der Waals surface area (Å²) < 4.78 is 5.20. The van der Waals surface area contributed by atoms with Gasteiger partial charge in [-0.05, 0) is 41.0 Å². The molecule has 7 aromatic rings. The molecule has 3 aromatic heterocycles. The van der Waals surface area contributed by atoms with Crippen LogP contribution in [0, 0.1) is 0 Å². The maximum absolute atomic E-state index is 4.51. The molecule has 1 aliphatic carbocycles. The van der Waals surface area contributed by atoms with E-state index in [9.17, 15) is 0 Å². The Morgan fingerprint density at radius 3 is 2.40 bits per heavy atom. The number of hydrogen-bond acceptors (Lipinski definition) is 2. The minimum atomic E-state index is -0.122. The fraction of sp³-hybridized carbons (Fsp3) is 0.0938. The molecule has 0 fully saturated rings. The van der Waals surface area contributed by atoms with E-state index < -0.39 is 0 Å². The van der Waals surface area contributed by atoms with Crippen molar-refractivity contribution in [2.24, 2.45) is 0 Å². The van der Waals surface area contributed by atoms with E-state index in [0.29, 0.717) is 0 Å². The van der Waals surface area contributed by atoms with Crippen molar-refractivity contribution in [1.29, 1.82) is 0 Å². The largest absolute Gasteiger partial charge is 0.307 e. The first-order valence-corrected chi connectivity index (χ1v) is 12.9. The first-order chi connectivity index (χ1) is 17.2. The molecule has 0 saturated carbocycles. The molecule has 0 bridgehead atoms. The van der Waals surface area contributed by atoms with E-state index in [1.54, 1.807) is 0 Å². The zero-order valence-electron chi connectivity index (χ0n) is 19.5. The molecule has 0 N–H and O–H groups in total. The summed E-state index contributed by atoms with van der Waals surface area (Å²) >= 11 is 1.94. The lowest BCUT2D eigenvalue weighted by molar-refractivity contribution is 0.664. The molecule has 0 unspecified atom stereocenters. The number of pyridine rings is 1. The van der Waals surface area contributed by atoms with Crippen molar-refractivity contribution in [3.8, 4) is 16.8 Å². The molecule has 166 valence electrons. The molecule has 0 spiro atoms. The molecule has 0 atom stereocenters.